The van der Waals surface area contributed by atoms with E-state index in [0.29, 0.717) is 35.1 Å². The van der Waals surface area contributed by atoms with E-state index in [-0.39, 0.29) is 6.61 Å². The summed E-state index contributed by atoms with van der Waals surface area (Å²) in [7, 11) is 4.66. The van der Waals surface area contributed by atoms with Crippen molar-refractivity contribution >= 4 is 0 Å². The number of hydrogen-bond donors (Lipinski definition) is 1. The number of aliphatic hydroxyl groups excluding tert-OH is 1. The van der Waals surface area contributed by atoms with E-state index in [1.54, 1.807) is 39.5 Å². The van der Waals surface area contributed by atoms with E-state index in [1.807, 2.05) is 0 Å². The second-order valence-corrected chi connectivity index (χ2v) is 4.07. The molecule has 6 nitrogen and oxygen atoms in total. The Kier molecular flexibility index (Phi) is 4.47. The van der Waals surface area contributed by atoms with Crippen LogP contribution in [0.3, 0.4) is 0 Å². The molecule has 0 saturated carbocycles. The first-order valence-corrected chi connectivity index (χ1v) is 6.10. The third-order valence-electron chi connectivity index (χ3n) is 2.88. The summed E-state index contributed by atoms with van der Waals surface area (Å²) in [5.74, 6) is 2.25. The van der Waals surface area contributed by atoms with Crippen LogP contribution in [-0.4, -0.2) is 38.2 Å². The van der Waals surface area contributed by atoms with Crippen molar-refractivity contribution in [3.63, 3.8) is 0 Å². The van der Waals surface area contributed by atoms with Crippen LogP contribution in [0.2, 0.25) is 0 Å². The van der Waals surface area contributed by atoms with E-state index in [4.69, 9.17) is 23.8 Å². The van der Waals surface area contributed by atoms with E-state index in [2.05, 4.69) is 5.16 Å². The summed E-state index contributed by atoms with van der Waals surface area (Å²) in [6.07, 6.45) is 0.428. The summed E-state index contributed by atoms with van der Waals surface area (Å²) in [5.41, 5.74) is 1.43. The fourth-order valence-corrected chi connectivity index (χ4v) is 1.91. The minimum atomic E-state index is 0.0177. The predicted molar refractivity (Wildman–Crippen MR) is 72.4 cm³/mol. The molecule has 0 atom stereocenters. The molecule has 1 aromatic heterocycles. The predicted octanol–water partition coefficient (Wildman–Crippen LogP) is 1.90. The summed E-state index contributed by atoms with van der Waals surface area (Å²) in [4.78, 5) is 0. The summed E-state index contributed by atoms with van der Waals surface area (Å²) < 4.78 is 21.0. The molecule has 0 radical (unpaired) electrons. The third-order valence-corrected chi connectivity index (χ3v) is 2.88. The molecule has 0 unspecified atom stereocenters. The zero-order valence-electron chi connectivity index (χ0n) is 11.7. The second kappa shape index (κ2) is 6.29. The average Bonchev–Trinajstić information content (AvgIpc) is 2.94. The van der Waals surface area contributed by atoms with Crippen LogP contribution in [0.4, 0.5) is 0 Å². The molecule has 0 saturated heterocycles. The highest BCUT2D eigenvalue weighted by atomic mass is 16.5. The first-order valence-electron chi connectivity index (χ1n) is 6.10. The molecule has 1 heterocycles. The molecule has 0 bridgehead atoms. The van der Waals surface area contributed by atoms with Gasteiger partial charge in [0, 0.05) is 18.1 Å². The second-order valence-electron chi connectivity index (χ2n) is 4.07. The first-order chi connectivity index (χ1) is 9.73. The number of benzene rings is 1. The Morgan fingerprint density at radius 3 is 2.20 bits per heavy atom. The Morgan fingerprint density at radius 1 is 1.05 bits per heavy atom. The fraction of sp³-hybridized carbons (Fsp3) is 0.357. The van der Waals surface area contributed by atoms with Gasteiger partial charge in [-0.1, -0.05) is 5.16 Å². The molecular weight excluding hydrogens is 262 g/mol. The van der Waals surface area contributed by atoms with Crippen molar-refractivity contribution in [3.8, 4) is 28.5 Å². The summed E-state index contributed by atoms with van der Waals surface area (Å²) in [6.45, 7) is 0.0177. The molecule has 2 aromatic rings. The lowest BCUT2D eigenvalue weighted by molar-refractivity contribution is 0.277. The minimum Gasteiger partial charge on any atom is -0.493 e. The lowest BCUT2D eigenvalue weighted by Crippen LogP contribution is -1.95. The van der Waals surface area contributed by atoms with E-state index in [9.17, 15) is 0 Å². The van der Waals surface area contributed by atoms with Crippen LogP contribution in [0.5, 0.6) is 17.2 Å². The fourth-order valence-electron chi connectivity index (χ4n) is 1.91. The molecular formula is C14H17NO5. The van der Waals surface area contributed by atoms with Gasteiger partial charge in [-0.2, -0.15) is 0 Å². The maximum Gasteiger partial charge on any atom is 0.203 e. The van der Waals surface area contributed by atoms with Crippen molar-refractivity contribution in [2.75, 3.05) is 27.9 Å². The van der Waals surface area contributed by atoms with Crippen LogP contribution in [0.25, 0.3) is 11.3 Å². The minimum absolute atomic E-state index is 0.0177. The Bertz CT molecular complexity index is 554. The van der Waals surface area contributed by atoms with E-state index in [0.717, 1.165) is 5.56 Å². The van der Waals surface area contributed by atoms with Crippen LogP contribution >= 0.6 is 0 Å². The SMILES string of the molecule is COc1cc(-c2cc(CCO)on2)cc(OC)c1OC. The number of aliphatic hydroxyl groups is 1. The van der Waals surface area contributed by atoms with Crippen LogP contribution in [0.1, 0.15) is 5.76 Å². The number of aromatic nitrogens is 1. The number of rotatable bonds is 6. The van der Waals surface area contributed by atoms with Gasteiger partial charge in [-0.3, -0.25) is 0 Å². The van der Waals surface area contributed by atoms with Crippen molar-refractivity contribution in [2.24, 2.45) is 0 Å². The van der Waals surface area contributed by atoms with Crippen LogP contribution in [-0.2, 0) is 6.42 Å². The summed E-state index contributed by atoms with van der Waals surface area (Å²) in [6, 6.07) is 5.36. The van der Waals surface area contributed by atoms with Crippen molar-refractivity contribution in [2.45, 2.75) is 6.42 Å². The molecule has 108 valence electrons. The Hall–Kier alpha value is -2.21. The van der Waals surface area contributed by atoms with Gasteiger partial charge in [0.25, 0.3) is 0 Å². The van der Waals surface area contributed by atoms with Crippen molar-refractivity contribution in [1.29, 1.82) is 0 Å². The molecule has 0 aliphatic rings. The van der Waals surface area contributed by atoms with Gasteiger partial charge < -0.3 is 23.8 Å². The Labute approximate surface area is 116 Å². The molecule has 1 aromatic carbocycles. The normalized spacial score (nSPS) is 10.4. The molecule has 0 aliphatic carbocycles. The largest absolute Gasteiger partial charge is 0.493 e. The molecule has 0 aliphatic heterocycles. The highest BCUT2D eigenvalue weighted by Crippen LogP contribution is 2.40. The summed E-state index contributed by atoms with van der Waals surface area (Å²) in [5, 5.41) is 12.9. The van der Waals surface area contributed by atoms with Crippen LogP contribution in [0, 0.1) is 0 Å². The lowest BCUT2D eigenvalue weighted by atomic mass is 10.1. The zero-order valence-corrected chi connectivity index (χ0v) is 11.7. The van der Waals surface area contributed by atoms with Gasteiger partial charge in [-0.05, 0) is 12.1 Å². The third kappa shape index (κ3) is 2.70. The van der Waals surface area contributed by atoms with Crippen molar-refractivity contribution in [3.05, 3.63) is 24.0 Å². The number of hydrogen-bond acceptors (Lipinski definition) is 6. The quantitative estimate of drug-likeness (QED) is 0.870. The lowest BCUT2D eigenvalue weighted by Gasteiger charge is -2.13. The maximum atomic E-state index is 8.89. The molecule has 2 rings (SSSR count). The van der Waals surface area contributed by atoms with E-state index in [1.165, 1.54) is 0 Å². The van der Waals surface area contributed by atoms with Crippen LogP contribution < -0.4 is 14.2 Å². The highest BCUT2D eigenvalue weighted by Gasteiger charge is 2.16. The molecule has 0 spiro atoms. The molecule has 6 heteroatoms. The first kappa shape index (κ1) is 14.2. The average molecular weight is 279 g/mol. The maximum absolute atomic E-state index is 8.89. The Balaban J connectivity index is 2.45. The smallest absolute Gasteiger partial charge is 0.203 e. The van der Waals surface area contributed by atoms with Gasteiger partial charge in [0.15, 0.2) is 11.5 Å². The van der Waals surface area contributed by atoms with Crippen LogP contribution in [0.15, 0.2) is 22.7 Å². The standard InChI is InChI=1S/C14H17NO5/c1-17-12-6-9(7-13(18-2)14(12)19-3)11-8-10(4-5-16)20-15-11/h6-8,16H,4-5H2,1-3H3. The van der Waals surface area contributed by atoms with Gasteiger partial charge >= 0.3 is 0 Å². The number of ether oxygens (including phenoxy) is 3. The van der Waals surface area contributed by atoms with Crippen molar-refractivity contribution in [1.82, 2.24) is 5.16 Å². The topological polar surface area (TPSA) is 74.0 Å². The van der Waals surface area contributed by atoms with Gasteiger partial charge in [-0.25, -0.2) is 0 Å². The van der Waals surface area contributed by atoms with Gasteiger partial charge in [0.1, 0.15) is 11.5 Å². The molecule has 1 N–H and O–H groups in total. The van der Waals surface area contributed by atoms with Crippen molar-refractivity contribution < 1.29 is 23.8 Å². The molecule has 0 amide bonds. The van der Waals surface area contributed by atoms with Gasteiger partial charge in [-0.15, -0.1) is 0 Å². The molecule has 20 heavy (non-hydrogen) atoms. The summed E-state index contributed by atoms with van der Waals surface area (Å²) >= 11 is 0. The monoisotopic (exact) mass is 279 g/mol. The number of methoxy groups -OCH3 is 3. The highest BCUT2D eigenvalue weighted by molar-refractivity contribution is 5.68. The van der Waals surface area contributed by atoms with Gasteiger partial charge in [0.05, 0.1) is 27.9 Å². The van der Waals surface area contributed by atoms with E-state index < -0.39 is 0 Å². The molecule has 0 fully saturated rings. The van der Waals surface area contributed by atoms with E-state index >= 15 is 0 Å². The van der Waals surface area contributed by atoms with Gasteiger partial charge in [0.2, 0.25) is 5.75 Å². The zero-order chi connectivity index (χ0) is 14.5. The Morgan fingerprint density at radius 2 is 1.70 bits per heavy atom. The number of nitrogens with zero attached hydrogens (tertiary/aromatic N) is 1.